The SMILES string of the molecule is O=C(Nc1c[nH]c2ncc(-c3ccc(CN4CCC(F)CC4)cc3)cc12)c1cnn(Cc2ccccc2)c1.O=C(O)c1cnn(Cc2ccccc2)c1. The Labute approximate surface area is 305 Å². The molecule has 0 atom stereocenters. The highest BCUT2D eigenvalue weighted by atomic mass is 19.1. The van der Waals surface area contributed by atoms with Crippen molar-refractivity contribution < 1.29 is 19.1 Å². The number of aromatic amines is 1. The minimum absolute atomic E-state index is 0.214. The van der Waals surface area contributed by atoms with Gasteiger partial charge in [-0.3, -0.25) is 19.1 Å². The Balaban J connectivity index is 0.000000242. The molecule has 3 N–H and O–H groups in total. The number of alkyl halides is 1. The number of nitrogens with one attached hydrogen (secondary N) is 2. The molecular weight excluding hydrogens is 672 g/mol. The molecule has 7 aromatic rings. The number of aromatic carboxylic acids is 1. The molecule has 1 amide bonds. The molecule has 1 fully saturated rings. The predicted octanol–water partition coefficient (Wildman–Crippen LogP) is 7.29. The Morgan fingerprint density at radius 2 is 1.34 bits per heavy atom. The number of halogens is 1. The number of rotatable bonds is 10. The van der Waals surface area contributed by atoms with E-state index in [1.807, 2.05) is 72.9 Å². The molecule has 1 saturated heterocycles. The molecule has 4 aromatic heterocycles. The lowest BCUT2D eigenvalue weighted by Gasteiger charge is -2.28. The van der Waals surface area contributed by atoms with Gasteiger partial charge in [0, 0.05) is 55.4 Å². The molecule has 1 aliphatic heterocycles. The zero-order valence-electron chi connectivity index (χ0n) is 29.0. The van der Waals surface area contributed by atoms with Gasteiger partial charge in [-0.15, -0.1) is 0 Å². The first kappa shape index (κ1) is 35.0. The molecule has 0 aliphatic carbocycles. The summed E-state index contributed by atoms with van der Waals surface area (Å²) in [6, 6.07) is 30.2. The number of hydrogen-bond acceptors (Lipinski definition) is 6. The number of carboxylic acid groups (broad SMARTS) is 1. The fraction of sp³-hybridized carbons (Fsp3) is 0.195. The van der Waals surface area contributed by atoms with Crippen LogP contribution < -0.4 is 5.32 Å². The second-order valence-corrected chi connectivity index (χ2v) is 13.1. The van der Waals surface area contributed by atoms with E-state index >= 15 is 0 Å². The zero-order chi connectivity index (χ0) is 36.6. The van der Waals surface area contributed by atoms with Crippen molar-refractivity contribution in [1.29, 1.82) is 0 Å². The van der Waals surface area contributed by atoms with E-state index in [2.05, 4.69) is 54.6 Å². The summed E-state index contributed by atoms with van der Waals surface area (Å²) in [5.74, 6) is -1.17. The molecule has 0 unspecified atom stereocenters. The van der Waals surface area contributed by atoms with E-state index in [1.165, 1.54) is 18.0 Å². The summed E-state index contributed by atoms with van der Waals surface area (Å²) >= 11 is 0. The van der Waals surface area contributed by atoms with E-state index in [4.69, 9.17) is 5.11 Å². The lowest BCUT2D eigenvalue weighted by atomic mass is 10.0. The minimum Gasteiger partial charge on any atom is -0.478 e. The summed E-state index contributed by atoms with van der Waals surface area (Å²) in [5, 5.41) is 20.9. The number of pyridine rings is 1. The van der Waals surface area contributed by atoms with Gasteiger partial charge in [-0.1, -0.05) is 84.9 Å². The molecule has 268 valence electrons. The van der Waals surface area contributed by atoms with E-state index in [9.17, 15) is 14.0 Å². The van der Waals surface area contributed by atoms with Gasteiger partial charge in [0.15, 0.2) is 0 Å². The van der Waals surface area contributed by atoms with Crippen LogP contribution in [0, 0.1) is 0 Å². The third kappa shape index (κ3) is 9.10. The average molecular weight is 711 g/mol. The first-order chi connectivity index (χ1) is 25.9. The summed E-state index contributed by atoms with van der Waals surface area (Å²) in [6.07, 6.45) is 10.4. The lowest BCUT2D eigenvalue weighted by molar-refractivity contribution is 0.0696. The van der Waals surface area contributed by atoms with Gasteiger partial charge >= 0.3 is 5.97 Å². The number of piperidine rings is 1. The maximum Gasteiger partial charge on any atom is 0.338 e. The van der Waals surface area contributed by atoms with Crippen molar-refractivity contribution >= 4 is 28.6 Å². The molecule has 0 radical (unpaired) electrons. The molecule has 8 rings (SSSR count). The summed E-state index contributed by atoms with van der Waals surface area (Å²) < 4.78 is 16.8. The summed E-state index contributed by atoms with van der Waals surface area (Å²) in [5.41, 5.74) is 7.52. The maximum atomic E-state index is 13.4. The number of carbonyl (C=O) groups excluding carboxylic acids is 1. The van der Waals surface area contributed by atoms with E-state index in [0.717, 1.165) is 47.3 Å². The molecule has 5 heterocycles. The number of anilines is 1. The molecule has 0 spiro atoms. The molecule has 0 bridgehead atoms. The fourth-order valence-electron chi connectivity index (χ4n) is 6.25. The minimum atomic E-state index is -0.950. The van der Waals surface area contributed by atoms with Crippen molar-refractivity contribution in [3.8, 4) is 11.1 Å². The zero-order valence-corrected chi connectivity index (χ0v) is 29.0. The predicted molar refractivity (Wildman–Crippen MR) is 201 cm³/mol. The van der Waals surface area contributed by atoms with E-state index in [-0.39, 0.29) is 11.5 Å². The van der Waals surface area contributed by atoms with Crippen LogP contribution in [0.15, 0.2) is 128 Å². The summed E-state index contributed by atoms with van der Waals surface area (Å²) in [7, 11) is 0. The monoisotopic (exact) mass is 710 g/mol. The third-order valence-electron chi connectivity index (χ3n) is 9.14. The van der Waals surface area contributed by atoms with Gasteiger partial charge in [0.1, 0.15) is 11.8 Å². The molecule has 1 aliphatic rings. The van der Waals surface area contributed by atoms with Crippen molar-refractivity contribution in [2.75, 3.05) is 18.4 Å². The number of fused-ring (bicyclic) bond motifs is 1. The van der Waals surface area contributed by atoms with Crippen LogP contribution in [0.2, 0.25) is 0 Å². The topological polar surface area (TPSA) is 134 Å². The smallest absolute Gasteiger partial charge is 0.338 e. The van der Waals surface area contributed by atoms with E-state index in [0.29, 0.717) is 42.8 Å². The molecule has 12 heteroatoms. The number of amides is 1. The number of carboxylic acids is 1. The average Bonchev–Trinajstić information content (AvgIpc) is 3.95. The van der Waals surface area contributed by atoms with Crippen LogP contribution in [0.5, 0.6) is 0 Å². The highest BCUT2D eigenvalue weighted by Gasteiger charge is 2.18. The Kier molecular flexibility index (Phi) is 10.8. The third-order valence-corrected chi connectivity index (χ3v) is 9.14. The van der Waals surface area contributed by atoms with Crippen molar-refractivity contribution in [2.24, 2.45) is 0 Å². The van der Waals surface area contributed by atoms with Crippen LogP contribution >= 0.6 is 0 Å². The van der Waals surface area contributed by atoms with Gasteiger partial charge in [-0.2, -0.15) is 10.2 Å². The highest BCUT2D eigenvalue weighted by molar-refractivity contribution is 6.08. The largest absolute Gasteiger partial charge is 0.478 e. The molecule has 0 saturated carbocycles. The number of hydrogen-bond donors (Lipinski definition) is 3. The van der Waals surface area contributed by atoms with Gasteiger partial charge in [0.05, 0.1) is 42.3 Å². The molecule has 11 nitrogen and oxygen atoms in total. The van der Waals surface area contributed by atoms with Crippen LogP contribution in [0.1, 0.15) is 50.2 Å². The number of H-pyrrole nitrogens is 1. The van der Waals surface area contributed by atoms with Crippen LogP contribution in [-0.4, -0.2) is 70.7 Å². The Hall–Kier alpha value is -6.40. The second-order valence-electron chi connectivity index (χ2n) is 13.1. The number of benzene rings is 3. The Bertz CT molecular complexity index is 2280. The van der Waals surface area contributed by atoms with Gasteiger partial charge in [0.25, 0.3) is 5.91 Å². The second kappa shape index (κ2) is 16.3. The Morgan fingerprint density at radius 3 is 1.94 bits per heavy atom. The standard InChI is InChI=1S/C30H29FN6O.C11H10N2O2/c31-26-10-12-36(13-11-26)18-22-6-8-23(9-7-22)24-14-27-28(17-33-29(27)32-15-24)35-30(38)25-16-34-37(20-25)19-21-4-2-1-3-5-21;14-11(15)10-6-12-13(8-10)7-9-4-2-1-3-5-9/h1-9,14-17,20,26H,10-13,18-19H2,(H,32,33)(H,35,38);1-6,8H,7H2,(H,14,15). The van der Waals surface area contributed by atoms with Crippen LogP contribution in [0.4, 0.5) is 10.1 Å². The quantitative estimate of drug-likeness (QED) is 0.136. The summed E-state index contributed by atoms with van der Waals surface area (Å²) in [6.45, 7) is 3.64. The maximum absolute atomic E-state index is 13.4. The number of aromatic nitrogens is 6. The number of likely N-dealkylation sites (tertiary alicyclic amines) is 1. The fourth-order valence-corrected chi connectivity index (χ4v) is 6.25. The normalized spacial score (nSPS) is 13.4. The van der Waals surface area contributed by atoms with Crippen molar-refractivity contribution in [3.63, 3.8) is 0 Å². The highest BCUT2D eigenvalue weighted by Crippen LogP contribution is 2.28. The van der Waals surface area contributed by atoms with Crippen LogP contribution in [-0.2, 0) is 19.6 Å². The molecule has 3 aromatic carbocycles. The first-order valence-corrected chi connectivity index (χ1v) is 17.5. The lowest BCUT2D eigenvalue weighted by Crippen LogP contribution is -2.33. The van der Waals surface area contributed by atoms with Gasteiger partial charge < -0.3 is 15.4 Å². The van der Waals surface area contributed by atoms with E-state index < -0.39 is 12.1 Å². The summed E-state index contributed by atoms with van der Waals surface area (Å²) in [4.78, 5) is 33.6. The number of nitrogens with zero attached hydrogens (tertiary/aromatic N) is 6. The van der Waals surface area contributed by atoms with Gasteiger partial charge in [0.2, 0.25) is 0 Å². The van der Waals surface area contributed by atoms with Gasteiger partial charge in [-0.25, -0.2) is 14.2 Å². The van der Waals surface area contributed by atoms with E-state index in [1.54, 1.807) is 28.0 Å². The van der Waals surface area contributed by atoms with Crippen molar-refractivity contribution in [2.45, 2.75) is 38.6 Å². The Morgan fingerprint density at radius 1 is 0.755 bits per heavy atom. The van der Waals surface area contributed by atoms with Crippen molar-refractivity contribution in [1.82, 2.24) is 34.4 Å². The molecule has 53 heavy (non-hydrogen) atoms. The first-order valence-electron chi connectivity index (χ1n) is 17.5. The number of carbonyl (C=O) groups is 2. The van der Waals surface area contributed by atoms with Crippen LogP contribution in [0.3, 0.4) is 0 Å². The van der Waals surface area contributed by atoms with Crippen molar-refractivity contribution in [3.05, 3.63) is 156 Å². The van der Waals surface area contributed by atoms with Crippen LogP contribution in [0.25, 0.3) is 22.2 Å². The molecular formula is C41H39FN8O3. The van der Waals surface area contributed by atoms with Gasteiger partial charge in [-0.05, 0) is 41.2 Å².